The van der Waals surface area contributed by atoms with E-state index in [1.54, 1.807) is 12.3 Å². The summed E-state index contributed by atoms with van der Waals surface area (Å²) in [5, 5.41) is 12.5. The molecule has 0 bridgehead atoms. The van der Waals surface area contributed by atoms with E-state index < -0.39 is 0 Å². The molecule has 0 fully saturated rings. The highest BCUT2D eigenvalue weighted by molar-refractivity contribution is 5.89. The van der Waals surface area contributed by atoms with Gasteiger partial charge >= 0.3 is 11.7 Å². The fraction of sp³-hybridized carbons (Fsp3) is 0.263. The van der Waals surface area contributed by atoms with Crippen LogP contribution in [0.25, 0.3) is 0 Å². The first-order valence-corrected chi connectivity index (χ1v) is 8.76. The lowest BCUT2D eigenvalue weighted by atomic mass is 10.1. The van der Waals surface area contributed by atoms with Gasteiger partial charge in [-0.25, -0.2) is 14.6 Å². The molecule has 2 heterocycles. The molecule has 0 unspecified atom stereocenters. The molecule has 0 saturated carbocycles. The van der Waals surface area contributed by atoms with Crippen LogP contribution in [0.5, 0.6) is 0 Å². The normalized spacial score (nSPS) is 10.6. The van der Waals surface area contributed by atoms with Crippen LogP contribution in [-0.2, 0) is 13.0 Å². The molecule has 0 spiro atoms. The Hall–Kier alpha value is -3.42. The highest BCUT2D eigenvalue weighted by Gasteiger charge is 2.04. The summed E-state index contributed by atoms with van der Waals surface area (Å²) < 4.78 is 1.51. The van der Waals surface area contributed by atoms with Crippen LogP contribution in [0, 0.1) is 6.92 Å². The third-order valence-electron chi connectivity index (χ3n) is 4.16. The number of nitrogens with zero attached hydrogens (tertiary/aromatic N) is 3. The topological polar surface area (TPSA) is 105 Å². The maximum atomic E-state index is 12.1. The largest absolute Gasteiger partial charge is 0.347 e. The fourth-order valence-corrected chi connectivity index (χ4v) is 2.74. The highest BCUT2D eigenvalue weighted by Crippen LogP contribution is 2.11. The molecule has 0 aliphatic heterocycles. The molecule has 0 aliphatic rings. The number of nitrogens with one attached hydrogen (secondary N) is 3. The number of urea groups is 1. The Labute approximate surface area is 156 Å². The number of carbonyl (C=O) groups is 1. The van der Waals surface area contributed by atoms with Crippen molar-refractivity contribution in [1.29, 1.82) is 0 Å². The Balaban J connectivity index is 1.48. The summed E-state index contributed by atoms with van der Waals surface area (Å²) in [5.41, 5.74) is 3.49. The second kappa shape index (κ2) is 8.79. The van der Waals surface area contributed by atoms with Crippen LogP contribution in [-0.4, -0.2) is 32.3 Å². The van der Waals surface area contributed by atoms with E-state index in [1.807, 2.05) is 37.4 Å². The summed E-state index contributed by atoms with van der Waals surface area (Å²) in [6, 6.07) is 8.85. The molecular weight excluding hydrogens is 344 g/mol. The number of amides is 2. The molecule has 0 aliphatic carbocycles. The molecular formula is C19H22N6O2. The van der Waals surface area contributed by atoms with Crippen molar-refractivity contribution < 1.29 is 4.79 Å². The summed E-state index contributed by atoms with van der Waals surface area (Å²) in [6.07, 6.45) is 6.66. The van der Waals surface area contributed by atoms with E-state index in [2.05, 4.69) is 25.8 Å². The highest BCUT2D eigenvalue weighted by atomic mass is 16.2. The van der Waals surface area contributed by atoms with Crippen molar-refractivity contribution in [2.75, 3.05) is 11.9 Å². The first kappa shape index (κ1) is 18.4. The first-order valence-electron chi connectivity index (χ1n) is 8.76. The maximum absolute atomic E-state index is 12.1. The molecule has 140 valence electrons. The van der Waals surface area contributed by atoms with Gasteiger partial charge in [0.25, 0.3) is 0 Å². The number of hydrogen-bond donors (Lipinski definition) is 3. The van der Waals surface area contributed by atoms with Crippen molar-refractivity contribution in [3.05, 3.63) is 76.2 Å². The van der Waals surface area contributed by atoms with Gasteiger partial charge in [-0.15, -0.1) is 0 Å². The van der Waals surface area contributed by atoms with Crippen LogP contribution in [0.4, 0.5) is 10.5 Å². The van der Waals surface area contributed by atoms with Gasteiger partial charge in [-0.2, -0.15) is 5.10 Å². The SMILES string of the molecule is Cc1[nH]ncc1CCCNC(=O)Nc1cccc(Cn2cccnc2=O)c1. The molecule has 8 nitrogen and oxygen atoms in total. The standard InChI is InChI=1S/C19H22N6O2/c1-14-16(12-22-24-14)6-3-8-20-18(26)23-17-7-2-5-15(11-17)13-25-10-4-9-21-19(25)27/h2,4-5,7,9-12H,3,6,8,13H2,1H3,(H,22,24)(H2,20,23,26). The summed E-state index contributed by atoms with van der Waals surface area (Å²) in [4.78, 5) is 27.5. The smallest absolute Gasteiger partial charge is 0.338 e. The quantitative estimate of drug-likeness (QED) is 0.557. The van der Waals surface area contributed by atoms with E-state index in [9.17, 15) is 9.59 Å². The summed E-state index contributed by atoms with van der Waals surface area (Å²) in [7, 11) is 0. The van der Waals surface area contributed by atoms with Crippen molar-refractivity contribution in [2.45, 2.75) is 26.3 Å². The van der Waals surface area contributed by atoms with Crippen LogP contribution in [0.3, 0.4) is 0 Å². The van der Waals surface area contributed by atoms with Gasteiger partial charge < -0.3 is 10.6 Å². The predicted molar refractivity (Wildman–Crippen MR) is 103 cm³/mol. The zero-order valence-electron chi connectivity index (χ0n) is 15.1. The number of aromatic nitrogens is 4. The minimum atomic E-state index is -0.304. The molecule has 3 rings (SSSR count). The number of carbonyl (C=O) groups excluding carboxylic acids is 1. The average molecular weight is 366 g/mol. The van der Waals surface area contributed by atoms with Crippen molar-refractivity contribution >= 4 is 11.7 Å². The van der Waals surface area contributed by atoms with E-state index >= 15 is 0 Å². The molecule has 0 radical (unpaired) electrons. The van der Waals surface area contributed by atoms with E-state index in [0.717, 1.165) is 29.7 Å². The summed E-state index contributed by atoms with van der Waals surface area (Å²) in [6.45, 7) is 2.95. The number of hydrogen-bond acceptors (Lipinski definition) is 4. The van der Waals surface area contributed by atoms with Gasteiger partial charge in [0.1, 0.15) is 0 Å². The number of aryl methyl sites for hydroxylation is 2. The number of aromatic amines is 1. The minimum Gasteiger partial charge on any atom is -0.338 e. The van der Waals surface area contributed by atoms with Crippen LogP contribution >= 0.6 is 0 Å². The van der Waals surface area contributed by atoms with Gasteiger partial charge in [0.15, 0.2) is 0 Å². The monoisotopic (exact) mass is 366 g/mol. The van der Waals surface area contributed by atoms with E-state index in [1.165, 1.54) is 10.8 Å². The average Bonchev–Trinajstić information content (AvgIpc) is 3.06. The third kappa shape index (κ3) is 5.27. The maximum Gasteiger partial charge on any atom is 0.347 e. The summed E-state index contributed by atoms with van der Waals surface area (Å²) >= 11 is 0. The van der Waals surface area contributed by atoms with Crippen LogP contribution in [0.1, 0.15) is 23.2 Å². The van der Waals surface area contributed by atoms with Crippen molar-refractivity contribution in [3.63, 3.8) is 0 Å². The van der Waals surface area contributed by atoms with Crippen LogP contribution < -0.4 is 16.3 Å². The Bertz CT molecular complexity index is 962. The predicted octanol–water partition coefficient (Wildman–Crippen LogP) is 2.08. The van der Waals surface area contributed by atoms with E-state index in [0.29, 0.717) is 18.8 Å². The molecule has 8 heteroatoms. The van der Waals surface area contributed by atoms with Gasteiger partial charge in [0, 0.05) is 30.3 Å². The minimum absolute atomic E-state index is 0.255. The van der Waals surface area contributed by atoms with Crippen molar-refractivity contribution in [3.8, 4) is 0 Å². The molecule has 27 heavy (non-hydrogen) atoms. The Morgan fingerprint density at radius 3 is 2.96 bits per heavy atom. The molecule has 0 saturated heterocycles. The molecule has 1 aromatic carbocycles. The van der Waals surface area contributed by atoms with Crippen molar-refractivity contribution in [1.82, 2.24) is 25.1 Å². The van der Waals surface area contributed by atoms with E-state index in [4.69, 9.17) is 0 Å². The zero-order chi connectivity index (χ0) is 19.1. The molecule has 3 N–H and O–H groups in total. The number of rotatable bonds is 7. The van der Waals surface area contributed by atoms with Gasteiger partial charge in [0.05, 0.1) is 12.7 Å². The second-order valence-electron chi connectivity index (χ2n) is 6.24. The lowest BCUT2D eigenvalue weighted by Crippen LogP contribution is -2.29. The van der Waals surface area contributed by atoms with Gasteiger partial charge in [-0.3, -0.25) is 9.67 Å². The van der Waals surface area contributed by atoms with E-state index in [-0.39, 0.29) is 11.7 Å². The number of anilines is 1. The van der Waals surface area contributed by atoms with Crippen molar-refractivity contribution in [2.24, 2.45) is 0 Å². The third-order valence-corrected chi connectivity index (χ3v) is 4.16. The Morgan fingerprint density at radius 1 is 1.30 bits per heavy atom. The van der Waals surface area contributed by atoms with Gasteiger partial charge in [-0.05, 0) is 49.1 Å². The van der Waals surface area contributed by atoms with Gasteiger partial charge in [0.2, 0.25) is 0 Å². The lowest BCUT2D eigenvalue weighted by molar-refractivity contribution is 0.252. The Kier molecular flexibility index (Phi) is 5.98. The summed E-state index contributed by atoms with van der Waals surface area (Å²) in [5.74, 6) is 0. The van der Waals surface area contributed by atoms with Crippen LogP contribution in [0.2, 0.25) is 0 Å². The lowest BCUT2D eigenvalue weighted by Gasteiger charge is -2.10. The number of H-pyrrole nitrogens is 1. The molecule has 2 aromatic heterocycles. The Morgan fingerprint density at radius 2 is 2.19 bits per heavy atom. The molecule has 2 amide bonds. The molecule has 0 atom stereocenters. The zero-order valence-corrected chi connectivity index (χ0v) is 15.1. The molecule has 3 aromatic rings. The first-order chi connectivity index (χ1) is 13.1. The fourth-order valence-electron chi connectivity index (χ4n) is 2.74. The van der Waals surface area contributed by atoms with Gasteiger partial charge in [-0.1, -0.05) is 12.1 Å². The second-order valence-corrected chi connectivity index (χ2v) is 6.24. The van der Waals surface area contributed by atoms with Crippen LogP contribution in [0.15, 0.2) is 53.7 Å². The number of benzene rings is 1.